The van der Waals surface area contributed by atoms with Crippen LogP contribution in [0.1, 0.15) is 13.8 Å². The molecule has 0 aromatic rings. The molecule has 0 radical (unpaired) electrons. The van der Waals surface area contributed by atoms with E-state index in [0.29, 0.717) is 0 Å². The zero-order valence-corrected chi connectivity index (χ0v) is 6.65. The molecule has 0 spiro atoms. The summed E-state index contributed by atoms with van der Waals surface area (Å²) in [5, 5.41) is 11.9. The summed E-state index contributed by atoms with van der Waals surface area (Å²) >= 11 is 0. The Bertz CT molecular complexity index is 139. The summed E-state index contributed by atoms with van der Waals surface area (Å²) in [6, 6.07) is 0. The van der Waals surface area contributed by atoms with Crippen molar-refractivity contribution in [2.75, 3.05) is 13.2 Å². The van der Waals surface area contributed by atoms with Crippen molar-refractivity contribution in [3.05, 3.63) is 0 Å². The zero-order chi connectivity index (χ0) is 8.69. The fraction of sp³-hybridized carbons (Fsp3) is 0.667. The molecule has 1 aliphatic rings. The first-order chi connectivity index (χ1) is 5.22. The summed E-state index contributed by atoms with van der Waals surface area (Å²) < 4.78 is 4.83. The second-order valence-corrected chi connectivity index (χ2v) is 1.64. The van der Waals surface area contributed by atoms with E-state index in [4.69, 9.17) is 9.84 Å². The van der Waals surface area contributed by atoms with E-state index in [1.807, 2.05) is 13.8 Å². The van der Waals surface area contributed by atoms with Gasteiger partial charge in [0, 0.05) is 13.2 Å². The van der Waals surface area contributed by atoms with E-state index in [9.17, 15) is 4.79 Å². The summed E-state index contributed by atoms with van der Waals surface area (Å²) in [5.74, 6) is 0. The Kier molecular flexibility index (Phi) is 5.10. The van der Waals surface area contributed by atoms with Crippen molar-refractivity contribution >= 4 is 12.4 Å². The molecule has 0 bridgehead atoms. The Hall–Kier alpha value is -1.10. The van der Waals surface area contributed by atoms with Gasteiger partial charge in [-0.15, -0.1) is 5.10 Å². The number of carboxylic acid groups (broad SMARTS) is 1. The normalized spacial score (nSPS) is 12.0. The summed E-state index contributed by atoms with van der Waals surface area (Å²) in [6.45, 7) is 5.67. The van der Waals surface area contributed by atoms with Crippen molar-refractivity contribution < 1.29 is 14.6 Å². The number of hydrogen-bond donors (Lipinski definition) is 1. The number of hydrogen-bond acceptors (Lipinski definition) is 3. The number of hydrazone groups is 1. The highest BCUT2D eigenvalue weighted by Crippen LogP contribution is 1.95. The summed E-state index contributed by atoms with van der Waals surface area (Å²) in [4.78, 5) is 9.56. The lowest BCUT2D eigenvalue weighted by atomic mass is 10.8. The van der Waals surface area contributed by atoms with Crippen molar-refractivity contribution in [3.8, 4) is 0 Å². The maximum atomic E-state index is 9.56. The van der Waals surface area contributed by atoms with Crippen LogP contribution in [-0.4, -0.2) is 35.8 Å². The third kappa shape index (κ3) is 6.79. The van der Waals surface area contributed by atoms with Crippen molar-refractivity contribution in [2.45, 2.75) is 13.8 Å². The van der Waals surface area contributed by atoms with Gasteiger partial charge < -0.3 is 9.84 Å². The van der Waals surface area contributed by atoms with Crippen LogP contribution in [0, 0.1) is 0 Å². The quantitative estimate of drug-likeness (QED) is 0.654. The summed E-state index contributed by atoms with van der Waals surface area (Å²) in [5.41, 5.74) is 0. The van der Waals surface area contributed by atoms with Crippen molar-refractivity contribution in [1.82, 2.24) is 5.01 Å². The molecule has 1 aliphatic heterocycles. The van der Waals surface area contributed by atoms with Crippen LogP contribution < -0.4 is 0 Å². The highest BCUT2D eigenvalue weighted by atomic mass is 16.5. The minimum Gasteiger partial charge on any atom is -0.463 e. The molecule has 1 rings (SSSR count). The van der Waals surface area contributed by atoms with Crippen LogP contribution in [-0.2, 0) is 4.74 Å². The Morgan fingerprint density at radius 3 is 2.09 bits per heavy atom. The third-order valence-electron chi connectivity index (χ3n) is 0.835. The van der Waals surface area contributed by atoms with Crippen LogP contribution in [0.4, 0.5) is 4.79 Å². The molecule has 5 heteroatoms. The Labute approximate surface area is 65.3 Å². The van der Waals surface area contributed by atoms with Gasteiger partial charge in [0.05, 0.1) is 0 Å². The first kappa shape index (κ1) is 9.90. The molecular weight excluding hydrogens is 148 g/mol. The average molecular weight is 160 g/mol. The second-order valence-electron chi connectivity index (χ2n) is 1.64. The van der Waals surface area contributed by atoms with Gasteiger partial charge in [0.25, 0.3) is 0 Å². The lowest BCUT2D eigenvalue weighted by Gasteiger charge is -1.86. The number of ether oxygens (including phenoxy) is 1. The van der Waals surface area contributed by atoms with E-state index in [1.54, 1.807) is 0 Å². The van der Waals surface area contributed by atoms with Gasteiger partial charge in [-0.05, 0) is 13.8 Å². The van der Waals surface area contributed by atoms with Gasteiger partial charge in [0.2, 0.25) is 0 Å². The summed E-state index contributed by atoms with van der Waals surface area (Å²) in [7, 11) is 0. The van der Waals surface area contributed by atoms with Crippen molar-refractivity contribution in [3.63, 3.8) is 0 Å². The molecule has 5 nitrogen and oxygen atoms in total. The molecular formula is C6H12N2O3. The molecule has 0 unspecified atom stereocenters. The van der Waals surface area contributed by atoms with Gasteiger partial charge in [-0.3, -0.25) is 0 Å². The molecule has 0 aromatic carbocycles. The van der Waals surface area contributed by atoms with Crippen LogP contribution >= 0.6 is 0 Å². The van der Waals surface area contributed by atoms with Crippen LogP contribution in [0.3, 0.4) is 0 Å². The van der Waals surface area contributed by atoms with E-state index in [2.05, 4.69) is 5.10 Å². The van der Waals surface area contributed by atoms with E-state index in [0.717, 1.165) is 18.2 Å². The van der Waals surface area contributed by atoms with Crippen molar-refractivity contribution in [2.24, 2.45) is 5.10 Å². The SMILES string of the molecule is CCOCC.O=C(O)N1C=N1. The van der Waals surface area contributed by atoms with E-state index in [1.165, 1.54) is 6.34 Å². The minimum absolute atomic E-state index is 0.833. The molecule has 0 fully saturated rings. The molecule has 1 heterocycles. The zero-order valence-electron chi connectivity index (χ0n) is 6.65. The Morgan fingerprint density at radius 1 is 1.64 bits per heavy atom. The Morgan fingerprint density at radius 2 is 2.09 bits per heavy atom. The number of nitrogens with zero attached hydrogens (tertiary/aromatic N) is 2. The standard InChI is InChI=1S/C4H10O.C2H2N2O2/c1-3-5-4-2;5-2(6)4-1-3-4/h3-4H2,1-2H3;1H,(H,5,6). The minimum atomic E-state index is -1.02. The third-order valence-corrected chi connectivity index (χ3v) is 0.835. The second kappa shape index (κ2) is 5.67. The molecule has 0 aliphatic carbocycles. The smallest absolute Gasteiger partial charge is 0.433 e. The maximum absolute atomic E-state index is 9.56. The van der Waals surface area contributed by atoms with E-state index in [-0.39, 0.29) is 0 Å². The van der Waals surface area contributed by atoms with Crippen LogP contribution in [0.5, 0.6) is 0 Å². The van der Waals surface area contributed by atoms with Gasteiger partial charge in [-0.2, -0.15) is 5.01 Å². The molecule has 11 heavy (non-hydrogen) atoms. The molecule has 1 amide bonds. The van der Waals surface area contributed by atoms with E-state index < -0.39 is 6.09 Å². The number of carbonyl (C=O) groups is 1. The molecule has 64 valence electrons. The monoisotopic (exact) mass is 160 g/mol. The maximum Gasteiger partial charge on any atom is 0.433 e. The molecule has 0 aromatic heterocycles. The van der Waals surface area contributed by atoms with Gasteiger partial charge >= 0.3 is 6.09 Å². The number of amides is 1. The summed E-state index contributed by atoms with van der Waals surface area (Å²) in [6.07, 6.45) is 0.206. The van der Waals surface area contributed by atoms with Gasteiger partial charge in [-0.25, -0.2) is 4.79 Å². The van der Waals surface area contributed by atoms with Gasteiger partial charge in [-0.1, -0.05) is 0 Å². The predicted octanol–water partition coefficient (Wildman–Crippen LogP) is 0.966. The molecule has 0 saturated carbocycles. The van der Waals surface area contributed by atoms with E-state index >= 15 is 0 Å². The largest absolute Gasteiger partial charge is 0.463 e. The molecule has 0 atom stereocenters. The van der Waals surface area contributed by atoms with Gasteiger partial charge in [0.1, 0.15) is 6.34 Å². The predicted molar refractivity (Wildman–Crippen MR) is 40.5 cm³/mol. The first-order valence-electron chi connectivity index (χ1n) is 3.36. The topological polar surface area (TPSA) is 61.9 Å². The highest BCUT2D eigenvalue weighted by Gasteiger charge is 2.15. The fourth-order valence-electron chi connectivity index (χ4n) is 0.329. The van der Waals surface area contributed by atoms with Gasteiger partial charge in [0.15, 0.2) is 0 Å². The van der Waals surface area contributed by atoms with Crippen molar-refractivity contribution in [1.29, 1.82) is 0 Å². The first-order valence-corrected chi connectivity index (χ1v) is 3.36. The number of rotatable bonds is 2. The van der Waals surface area contributed by atoms with Crippen LogP contribution in [0.2, 0.25) is 0 Å². The average Bonchev–Trinajstić information content (AvgIpc) is 2.71. The fourth-order valence-corrected chi connectivity index (χ4v) is 0.329. The lowest BCUT2D eigenvalue weighted by Crippen LogP contribution is -2.05. The molecule has 0 saturated heterocycles. The van der Waals surface area contributed by atoms with Crippen LogP contribution in [0.15, 0.2) is 5.10 Å². The molecule has 1 N–H and O–H groups in total. The Balaban J connectivity index is 0.000000187. The highest BCUT2D eigenvalue weighted by molar-refractivity contribution is 5.88. The lowest BCUT2D eigenvalue weighted by molar-refractivity contribution is 0.162. The van der Waals surface area contributed by atoms with Crippen LogP contribution in [0.25, 0.3) is 0 Å².